The van der Waals surface area contributed by atoms with Gasteiger partial charge >= 0.3 is 0 Å². The van der Waals surface area contributed by atoms with Crippen LogP contribution in [-0.2, 0) is 9.59 Å². The topological polar surface area (TPSA) is 46.2 Å². The first kappa shape index (κ1) is 12.1. The Kier molecular flexibility index (Phi) is 8.62. The average Bonchev–Trinajstić information content (AvgIpc) is 2.09. The zero-order chi connectivity index (χ0) is 9.94. The number of unbranched alkanes of at least 4 members (excludes halogenated alkanes) is 5. The lowest BCUT2D eigenvalue weighted by Crippen LogP contribution is -2.20. The highest BCUT2D eigenvalue weighted by Crippen LogP contribution is 2.03. The van der Waals surface area contributed by atoms with Crippen LogP contribution >= 0.6 is 0 Å². The molecular formula is C10H19NO2. The first-order chi connectivity index (χ1) is 6.27. The molecule has 0 aromatic heterocycles. The highest BCUT2D eigenvalue weighted by Gasteiger charge is 1.92. The van der Waals surface area contributed by atoms with Gasteiger partial charge in [0.1, 0.15) is 6.29 Å². The molecule has 0 unspecified atom stereocenters. The van der Waals surface area contributed by atoms with E-state index in [1.54, 1.807) is 0 Å². The van der Waals surface area contributed by atoms with E-state index >= 15 is 0 Å². The van der Waals surface area contributed by atoms with Crippen LogP contribution in [-0.4, -0.2) is 18.7 Å². The van der Waals surface area contributed by atoms with Crippen molar-refractivity contribution in [3.05, 3.63) is 0 Å². The van der Waals surface area contributed by atoms with E-state index in [1.165, 1.54) is 6.92 Å². The van der Waals surface area contributed by atoms with Gasteiger partial charge in [0.25, 0.3) is 0 Å². The molecule has 3 heteroatoms. The fourth-order valence-electron chi connectivity index (χ4n) is 1.15. The van der Waals surface area contributed by atoms with Crippen molar-refractivity contribution >= 4 is 12.2 Å². The molecule has 0 fully saturated rings. The zero-order valence-electron chi connectivity index (χ0n) is 8.34. The van der Waals surface area contributed by atoms with Gasteiger partial charge in [-0.05, 0) is 12.8 Å². The number of carbonyl (C=O) groups is 2. The van der Waals surface area contributed by atoms with Gasteiger partial charge in [0.15, 0.2) is 0 Å². The summed E-state index contributed by atoms with van der Waals surface area (Å²) < 4.78 is 0. The molecule has 76 valence electrons. The number of amides is 1. The first-order valence-corrected chi connectivity index (χ1v) is 4.95. The molecule has 0 spiro atoms. The molecule has 0 atom stereocenters. The standard InChI is InChI=1S/C10H19NO2/c1-10(13)11-8-6-4-2-3-5-7-9-12/h9H,2-8H2,1H3,(H,11,13). The van der Waals surface area contributed by atoms with Crippen LogP contribution in [0.15, 0.2) is 0 Å². The Labute approximate surface area is 79.9 Å². The highest BCUT2D eigenvalue weighted by atomic mass is 16.1. The van der Waals surface area contributed by atoms with Crippen LogP contribution in [0.1, 0.15) is 45.4 Å². The third kappa shape index (κ3) is 11.1. The van der Waals surface area contributed by atoms with Crippen LogP contribution < -0.4 is 5.32 Å². The molecule has 1 N–H and O–H groups in total. The Hall–Kier alpha value is -0.860. The van der Waals surface area contributed by atoms with E-state index < -0.39 is 0 Å². The van der Waals surface area contributed by atoms with Gasteiger partial charge in [-0.25, -0.2) is 0 Å². The Morgan fingerprint density at radius 2 is 1.77 bits per heavy atom. The smallest absolute Gasteiger partial charge is 0.216 e. The number of aldehydes is 1. The summed E-state index contributed by atoms with van der Waals surface area (Å²) >= 11 is 0. The van der Waals surface area contributed by atoms with Gasteiger partial charge in [0.05, 0.1) is 0 Å². The quantitative estimate of drug-likeness (QED) is 0.462. The van der Waals surface area contributed by atoms with Gasteiger partial charge in [-0.1, -0.05) is 19.3 Å². The fraction of sp³-hybridized carbons (Fsp3) is 0.800. The predicted octanol–water partition coefficient (Wildman–Crippen LogP) is 1.66. The van der Waals surface area contributed by atoms with Gasteiger partial charge in [-0.15, -0.1) is 0 Å². The van der Waals surface area contributed by atoms with E-state index in [0.717, 1.165) is 44.9 Å². The van der Waals surface area contributed by atoms with Crippen LogP contribution in [0.3, 0.4) is 0 Å². The molecule has 0 heterocycles. The third-order valence-electron chi connectivity index (χ3n) is 1.87. The molecule has 0 aliphatic heterocycles. The summed E-state index contributed by atoms with van der Waals surface area (Å²) in [6, 6.07) is 0. The van der Waals surface area contributed by atoms with Crippen LogP contribution in [0, 0.1) is 0 Å². The van der Waals surface area contributed by atoms with Crippen LogP contribution in [0.5, 0.6) is 0 Å². The Morgan fingerprint density at radius 3 is 2.38 bits per heavy atom. The van der Waals surface area contributed by atoms with E-state index in [4.69, 9.17) is 0 Å². The molecule has 0 aliphatic carbocycles. The molecule has 0 aliphatic rings. The Morgan fingerprint density at radius 1 is 1.15 bits per heavy atom. The van der Waals surface area contributed by atoms with E-state index in [-0.39, 0.29) is 5.91 Å². The van der Waals surface area contributed by atoms with Crippen molar-refractivity contribution in [1.29, 1.82) is 0 Å². The number of rotatable bonds is 8. The fourth-order valence-corrected chi connectivity index (χ4v) is 1.15. The lowest BCUT2D eigenvalue weighted by molar-refractivity contribution is -0.119. The number of nitrogens with one attached hydrogen (secondary N) is 1. The number of hydrogen-bond donors (Lipinski definition) is 1. The van der Waals surface area contributed by atoms with Gasteiger partial charge in [-0.3, -0.25) is 4.79 Å². The molecule has 3 nitrogen and oxygen atoms in total. The summed E-state index contributed by atoms with van der Waals surface area (Å²) in [7, 11) is 0. The monoisotopic (exact) mass is 185 g/mol. The van der Waals surface area contributed by atoms with Crippen molar-refractivity contribution in [3.63, 3.8) is 0 Å². The summed E-state index contributed by atoms with van der Waals surface area (Å²) in [5.41, 5.74) is 0. The summed E-state index contributed by atoms with van der Waals surface area (Å²) in [4.78, 5) is 20.4. The van der Waals surface area contributed by atoms with Gasteiger partial charge in [-0.2, -0.15) is 0 Å². The molecule has 0 aromatic rings. The summed E-state index contributed by atoms with van der Waals surface area (Å²) in [6.45, 7) is 2.31. The van der Waals surface area contributed by atoms with Gasteiger partial charge in [0.2, 0.25) is 5.91 Å². The van der Waals surface area contributed by atoms with Crippen LogP contribution in [0.4, 0.5) is 0 Å². The van der Waals surface area contributed by atoms with Crippen LogP contribution in [0.2, 0.25) is 0 Å². The van der Waals surface area contributed by atoms with Crippen LogP contribution in [0.25, 0.3) is 0 Å². The molecule has 0 saturated carbocycles. The Balaban J connectivity index is 2.91. The zero-order valence-corrected chi connectivity index (χ0v) is 8.34. The maximum Gasteiger partial charge on any atom is 0.216 e. The summed E-state index contributed by atoms with van der Waals surface area (Å²) in [6.07, 6.45) is 7.12. The maximum atomic E-state index is 10.5. The summed E-state index contributed by atoms with van der Waals surface area (Å²) in [5.74, 6) is 0.0426. The second-order valence-corrected chi connectivity index (χ2v) is 3.21. The molecule has 1 amide bonds. The lowest BCUT2D eigenvalue weighted by Gasteiger charge is -2.01. The van der Waals surface area contributed by atoms with E-state index in [9.17, 15) is 9.59 Å². The van der Waals surface area contributed by atoms with Crippen molar-refractivity contribution in [1.82, 2.24) is 5.32 Å². The lowest BCUT2D eigenvalue weighted by atomic mass is 10.1. The van der Waals surface area contributed by atoms with Crippen molar-refractivity contribution in [2.24, 2.45) is 0 Å². The average molecular weight is 185 g/mol. The van der Waals surface area contributed by atoms with E-state index in [2.05, 4.69) is 5.32 Å². The number of hydrogen-bond acceptors (Lipinski definition) is 2. The minimum atomic E-state index is 0.0426. The van der Waals surface area contributed by atoms with Crippen molar-refractivity contribution in [3.8, 4) is 0 Å². The molecule has 0 saturated heterocycles. The molecule has 0 rings (SSSR count). The van der Waals surface area contributed by atoms with E-state index in [0.29, 0.717) is 6.42 Å². The molecular weight excluding hydrogens is 166 g/mol. The molecule has 0 bridgehead atoms. The van der Waals surface area contributed by atoms with E-state index in [1.807, 2.05) is 0 Å². The number of carbonyl (C=O) groups excluding carboxylic acids is 2. The molecule has 0 radical (unpaired) electrons. The second-order valence-electron chi connectivity index (χ2n) is 3.21. The van der Waals surface area contributed by atoms with Gasteiger partial charge in [0, 0.05) is 19.9 Å². The normalized spacial score (nSPS) is 9.62. The summed E-state index contributed by atoms with van der Waals surface area (Å²) in [5, 5.41) is 2.75. The first-order valence-electron chi connectivity index (χ1n) is 4.95. The molecule has 13 heavy (non-hydrogen) atoms. The highest BCUT2D eigenvalue weighted by molar-refractivity contribution is 5.72. The van der Waals surface area contributed by atoms with Gasteiger partial charge < -0.3 is 10.1 Å². The van der Waals surface area contributed by atoms with Crippen molar-refractivity contribution < 1.29 is 9.59 Å². The second kappa shape index (κ2) is 9.23. The third-order valence-corrected chi connectivity index (χ3v) is 1.87. The Bertz CT molecular complexity index is 146. The minimum absolute atomic E-state index is 0.0426. The van der Waals surface area contributed by atoms with Crippen molar-refractivity contribution in [2.45, 2.75) is 45.4 Å². The minimum Gasteiger partial charge on any atom is -0.356 e. The largest absolute Gasteiger partial charge is 0.356 e. The molecule has 0 aromatic carbocycles. The van der Waals surface area contributed by atoms with Crippen molar-refractivity contribution in [2.75, 3.05) is 6.54 Å². The predicted molar refractivity (Wildman–Crippen MR) is 52.4 cm³/mol. The SMILES string of the molecule is CC(=O)NCCCCCCCC=O. The maximum absolute atomic E-state index is 10.5.